The molecule has 0 spiro atoms. The number of morpholine rings is 1. The fourth-order valence-corrected chi connectivity index (χ4v) is 3.38. The molecule has 0 bridgehead atoms. The van der Waals surface area contributed by atoms with Crippen LogP contribution in [-0.4, -0.2) is 32.3 Å². The van der Waals surface area contributed by atoms with Gasteiger partial charge in [0.15, 0.2) is 5.96 Å². The third-order valence-corrected chi connectivity index (χ3v) is 4.85. The Bertz CT molecular complexity index is 992. The van der Waals surface area contributed by atoms with Crippen molar-refractivity contribution >= 4 is 41.3 Å². The first-order valence-corrected chi connectivity index (χ1v) is 10.1. The van der Waals surface area contributed by atoms with Crippen molar-refractivity contribution in [1.29, 1.82) is 0 Å². The van der Waals surface area contributed by atoms with Gasteiger partial charge in [-0.2, -0.15) is 0 Å². The molecule has 0 amide bonds. The summed E-state index contributed by atoms with van der Waals surface area (Å²) in [6.07, 6.45) is 0. The number of ether oxygens (including phenoxy) is 2. The molecule has 1 heterocycles. The van der Waals surface area contributed by atoms with Crippen molar-refractivity contribution < 1.29 is 9.47 Å². The average Bonchev–Trinajstić information content (AvgIpc) is 2.79. The molecular formula is C24H27IN4O2. The maximum Gasteiger partial charge on any atom is 0.193 e. The molecule has 0 unspecified atom stereocenters. The van der Waals surface area contributed by atoms with Crippen LogP contribution in [0.3, 0.4) is 0 Å². The Hall–Kier alpha value is -2.78. The van der Waals surface area contributed by atoms with Crippen molar-refractivity contribution in [2.24, 2.45) is 10.7 Å². The number of nitrogens with two attached hydrogens (primary N) is 1. The number of para-hydroxylation sites is 2. The summed E-state index contributed by atoms with van der Waals surface area (Å²) in [5.41, 5.74) is 9.31. The maximum absolute atomic E-state index is 6.15. The minimum Gasteiger partial charge on any atom is -0.457 e. The van der Waals surface area contributed by atoms with Gasteiger partial charge in [0, 0.05) is 30.5 Å². The van der Waals surface area contributed by atoms with Gasteiger partial charge in [-0.05, 0) is 35.9 Å². The summed E-state index contributed by atoms with van der Waals surface area (Å²) >= 11 is 0. The molecule has 1 aliphatic heterocycles. The minimum atomic E-state index is 0. The Morgan fingerprint density at radius 1 is 0.935 bits per heavy atom. The summed E-state index contributed by atoms with van der Waals surface area (Å²) in [5, 5.41) is 3.15. The molecule has 0 atom stereocenters. The zero-order valence-corrected chi connectivity index (χ0v) is 19.6. The lowest BCUT2D eigenvalue weighted by Gasteiger charge is -2.30. The van der Waals surface area contributed by atoms with E-state index in [1.807, 2.05) is 60.7 Å². The van der Waals surface area contributed by atoms with Crippen molar-refractivity contribution in [3.05, 3.63) is 84.4 Å². The molecule has 0 saturated carbocycles. The highest BCUT2D eigenvalue weighted by Crippen LogP contribution is 2.24. The van der Waals surface area contributed by atoms with Crippen molar-refractivity contribution in [2.45, 2.75) is 6.54 Å². The zero-order chi connectivity index (χ0) is 20.6. The number of aliphatic imine (C=N–C) groups is 1. The number of rotatable bonds is 6. The fraction of sp³-hybridized carbons (Fsp3) is 0.208. The predicted octanol–water partition coefficient (Wildman–Crippen LogP) is 4.86. The van der Waals surface area contributed by atoms with Crippen LogP contribution in [0.25, 0.3) is 0 Å². The van der Waals surface area contributed by atoms with E-state index in [4.69, 9.17) is 15.2 Å². The third kappa shape index (κ3) is 6.60. The molecule has 0 radical (unpaired) electrons. The van der Waals surface area contributed by atoms with E-state index in [1.54, 1.807) is 0 Å². The molecule has 3 aromatic rings. The van der Waals surface area contributed by atoms with Crippen LogP contribution in [0, 0.1) is 0 Å². The van der Waals surface area contributed by atoms with Crippen molar-refractivity contribution in [1.82, 2.24) is 0 Å². The van der Waals surface area contributed by atoms with E-state index in [0.29, 0.717) is 12.5 Å². The van der Waals surface area contributed by atoms with Gasteiger partial charge < -0.3 is 25.4 Å². The number of hydrogen-bond acceptors (Lipinski definition) is 4. The number of benzene rings is 3. The van der Waals surface area contributed by atoms with Crippen LogP contribution in [0.15, 0.2) is 83.9 Å². The molecule has 1 saturated heterocycles. The Morgan fingerprint density at radius 2 is 1.65 bits per heavy atom. The second-order valence-corrected chi connectivity index (χ2v) is 7.00. The van der Waals surface area contributed by atoms with Gasteiger partial charge in [-0.3, -0.25) is 0 Å². The Morgan fingerprint density at radius 3 is 2.45 bits per heavy atom. The minimum absolute atomic E-state index is 0. The summed E-state index contributed by atoms with van der Waals surface area (Å²) < 4.78 is 11.3. The first kappa shape index (κ1) is 22.9. The highest BCUT2D eigenvalue weighted by atomic mass is 127. The van der Waals surface area contributed by atoms with Gasteiger partial charge in [0.25, 0.3) is 0 Å². The van der Waals surface area contributed by atoms with E-state index in [2.05, 4.69) is 33.4 Å². The molecular weight excluding hydrogens is 503 g/mol. The molecule has 3 N–H and O–H groups in total. The van der Waals surface area contributed by atoms with E-state index in [1.165, 1.54) is 5.69 Å². The fourth-order valence-electron chi connectivity index (χ4n) is 3.38. The van der Waals surface area contributed by atoms with Crippen molar-refractivity contribution in [2.75, 3.05) is 36.5 Å². The molecule has 0 aliphatic carbocycles. The van der Waals surface area contributed by atoms with E-state index in [-0.39, 0.29) is 24.0 Å². The van der Waals surface area contributed by atoms with Crippen LogP contribution in [0.5, 0.6) is 11.5 Å². The van der Waals surface area contributed by atoms with E-state index >= 15 is 0 Å². The average molecular weight is 530 g/mol. The standard InChI is InChI=1S/C24H26N4O2.HI/c25-24(26-18-19-7-4-5-12-23(19)28-13-15-29-16-14-28)27-20-8-6-11-22(17-20)30-21-9-2-1-3-10-21;/h1-12,17H,13-16,18H2,(H3,25,26,27);1H. The monoisotopic (exact) mass is 530 g/mol. The number of halogens is 1. The topological polar surface area (TPSA) is 72.1 Å². The molecule has 0 aromatic heterocycles. The molecule has 7 heteroatoms. The zero-order valence-electron chi connectivity index (χ0n) is 17.2. The Labute approximate surface area is 200 Å². The summed E-state index contributed by atoms with van der Waals surface area (Å²) in [5.74, 6) is 1.89. The lowest BCUT2D eigenvalue weighted by atomic mass is 10.1. The van der Waals surface area contributed by atoms with E-state index in [9.17, 15) is 0 Å². The van der Waals surface area contributed by atoms with Gasteiger partial charge in [-0.15, -0.1) is 24.0 Å². The molecule has 1 fully saturated rings. The van der Waals surface area contributed by atoms with Gasteiger partial charge in [-0.1, -0.05) is 42.5 Å². The van der Waals surface area contributed by atoms with Crippen LogP contribution in [0.1, 0.15) is 5.56 Å². The normalized spacial score (nSPS) is 13.9. The number of hydrogen-bond donors (Lipinski definition) is 2. The van der Waals surface area contributed by atoms with Gasteiger partial charge in [0.1, 0.15) is 11.5 Å². The van der Waals surface area contributed by atoms with Gasteiger partial charge in [-0.25, -0.2) is 4.99 Å². The Kier molecular flexibility index (Phi) is 8.54. The smallest absolute Gasteiger partial charge is 0.193 e. The first-order valence-electron chi connectivity index (χ1n) is 10.1. The molecule has 4 rings (SSSR count). The maximum atomic E-state index is 6.15. The summed E-state index contributed by atoms with van der Waals surface area (Å²) in [4.78, 5) is 6.88. The van der Waals surface area contributed by atoms with E-state index < -0.39 is 0 Å². The number of nitrogens with one attached hydrogen (secondary N) is 1. The number of guanidine groups is 1. The first-order chi connectivity index (χ1) is 14.8. The van der Waals surface area contributed by atoms with Crippen molar-refractivity contribution in [3.8, 4) is 11.5 Å². The summed E-state index contributed by atoms with van der Waals surface area (Å²) in [6, 6.07) is 25.6. The van der Waals surface area contributed by atoms with E-state index in [0.717, 1.165) is 49.1 Å². The number of nitrogens with zero attached hydrogens (tertiary/aromatic N) is 2. The van der Waals surface area contributed by atoms with Crippen LogP contribution in [0.2, 0.25) is 0 Å². The SMILES string of the molecule is I.NC(=NCc1ccccc1N1CCOCC1)Nc1cccc(Oc2ccccc2)c1. The van der Waals surface area contributed by atoms with Gasteiger partial charge in [0.05, 0.1) is 19.8 Å². The highest BCUT2D eigenvalue weighted by molar-refractivity contribution is 14.0. The van der Waals surface area contributed by atoms with Crippen LogP contribution in [0.4, 0.5) is 11.4 Å². The lowest BCUT2D eigenvalue weighted by molar-refractivity contribution is 0.122. The largest absolute Gasteiger partial charge is 0.457 e. The molecule has 6 nitrogen and oxygen atoms in total. The molecule has 162 valence electrons. The molecule has 31 heavy (non-hydrogen) atoms. The van der Waals surface area contributed by atoms with Crippen molar-refractivity contribution in [3.63, 3.8) is 0 Å². The third-order valence-electron chi connectivity index (χ3n) is 4.85. The van der Waals surface area contributed by atoms with Gasteiger partial charge in [0.2, 0.25) is 0 Å². The molecule has 3 aromatic carbocycles. The van der Waals surface area contributed by atoms with Crippen LogP contribution in [-0.2, 0) is 11.3 Å². The molecule has 1 aliphatic rings. The van der Waals surface area contributed by atoms with Crippen LogP contribution < -0.4 is 20.7 Å². The number of anilines is 2. The second kappa shape index (κ2) is 11.6. The Balaban J connectivity index is 0.00000272. The lowest BCUT2D eigenvalue weighted by Crippen LogP contribution is -2.36. The second-order valence-electron chi connectivity index (χ2n) is 7.00. The quantitative estimate of drug-likeness (QED) is 0.271. The van der Waals surface area contributed by atoms with Crippen LogP contribution >= 0.6 is 24.0 Å². The highest BCUT2D eigenvalue weighted by Gasteiger charge is 2.14. The summed E-state index contributed by atoms with van der Waals surface area (Å²) in [6.45, 7) is 3.79. The summed E-state index contributed by atoms with van der Waals surface area (Å²) in [7, 11) is 0. The predicted molar refractivity (Wildman–Crippen MR) is 137 cm³/mol. The van der Waals surface area contributed by atoms with Gasteiger partial charge >= 0.3 is 0 Å².